The summed E-state index contributed by atoms with van der Waals surface area (Å²) in [5.74, 6) is 0.894. The van der Waals surface area contributed by atoms with Crippen molar-refractivity contribution in [1.82, 2.24) is 15.0 Å². The SMILES string of the molecule is CCc1c[nH]c2ncnc(N3CCC(CC)(C(=O)OC)CC3)c12. The topological polar surface area (TPSA) is 71.1 Å². The fraction of sp³-hybridized carbons (Fsp3) is 0.588. The Labute approximate surface area is 136 Å². The number of H-pyrrole nitrogens is 1. The summed E-state index contributed by atoms with van der Waals surface area (Å²) < 4.78 is 5.03. The molecule has 1 aliphatic rings. The van der Waals surface area contributed by atoms with Gasteiger partial charge in [-0.05, 0) is 31.2 Å². The van der Waals surface area contributed by atoms with Crippen molar-refractivity contribution in [2.75, 3.05) is 25.1 Å². The van der Waals surface area contributed by atoms with Crippen molar-refractivity contribution in [1.29, 1.82) is 0 Å². The second kappa shape index (κ2) is 6.18. The van der Waals surface area contributed by atoms with Crippen LogP contribution in [0.4, 0.5) is 5.82 Å². The largest absolute Gasteiger partial charge is 0.469 e. The zero-order valence-electron chi connectivity index (χ0n) is 14.1. The number of rotatable bonds is 4. The van der Waals surface area contributed by atoms with Gasteiger partial charge in [0.15, 0.2) is 0 Å². The molecule has 124 valence electrons. The minimum atomic E-state index is -0.344. The Morgan fingerprint density at radius 3 is 2.70 bits per heavy atom. The highest BCUT2D eigenvalue weighted by Gasteiger charge is 2.41. The molecule has 0 amide bonds. The van der Waals surface area contributed by atoms with Crippen LogP contribution in [0.5, 0.6) is 0 Å². The molecule has 0 bridgehead atoms. The Morgan fingerprint density at radius 2 is 2.09 bits per heavy atom. The van der Waals surface area contributed by atoms with Gasteiger partial charge in [0.1, 0.15) is 17.8 Å². The smallest absolute Gasteiger partial charge is 0.311 e. The highest BCUT2D eigenvalue weighted by atomic mass is 16.5. The van der Waals surface area contributed by atoms with E-state index in [1.165, 1.54) is 12.7 Å². The van der Waals surface area contributed by atoms with Gasteiger partial charge in [-0.25, -0.2) is 9.97 Å². The molecule has 3 heterocycles. The van der Waals surface area contributed by atoms with Crippen LogP contribution in [0.3, 0.4) is 0 Å². The van der Waals surface area contributed by atoms with Gasteiger partial charge in [0.2, 0.25) is 0 Å². The normalized spacial score (nSPS) is 17.4. The lowest BCUT2D eigenvalue weighted by atomic mass is 9.76. The molecule has 0 saturated carbocycles. The molecular weight excluding hydrogens is 292 g/mol. The number of aryl methyl sites for hydroxylation is 1. The molecule has 2 aromatic rings. The molecule has 0 radical (unpaired) electrons. The molecule has 6 nitrogen and oxygen atoms in total. The molecule has 0 spiro atoms. The van der Waals surface area contributed by atoms with Crippen LogP contribution in [-0.4, -0.2) is 41.1 Å². The first-order valence-corrected chi connectivity index (χ1v) is 8.29. The molecule has 0 atom stereocenters. The minimum absolute atomic E-state index is 0.0802. The van der Waals surface area contributed by atoms with Gasteiger partial charge in [-0.15, -0.1) is 0 Å². The molecule has 3 rings (SSSR count). The van der Waals surface area contributed by atoms with Crippen LogP contribution in [0.2, 0.25) is 0 Å². The summed E-state index contributed by atoms with van der Waals surface area (Å²) in [5.41, 5.74) is 1.77. The number of aromatic nitrogens is 3. The van der Waals surface area contributed by atoms with Gasteiger partial charge in [0, 0.05) is 19.3 Å². The second-order valence-corrected chi connectivity index (χ2v) is 6.20. The summed E-state index contributed by atoms with van der Waals surface area (Å²) in [6.45, 7) is 5.82. The van der Waals surface area contributed by atoms with Crippen molar-refractivity contribution in [3.8, 4) is 0 Å². The van der Waals surface area contributed by atoms with Crippen LogP contribution in [-0.2, 0) is 16.0 Å². The van der Waals surface area contributed by atoms with Crippen molar-refractivity contribution in [3.05, 3.63) is 18.1 Å². The minimum Gasteiger partial charge on any atom is -0.469 e. The molecule has 1 fully saturated rings. The predicted molar refractivity (Wildman–Crippen MR) is 89.5 cm³/mol. The van der Waals surface area contributed by atoms with Crippen LogP contribution >= 0.6 is 0 Å². The molecular formula is C17H24N4O2. The van der Waals surface area contributed by atoms with Gasteiger partial charge in [0.05, 0.1) is 17.9 Å². The zero-order valence-corrected chi connectivity index (χ0v) is 14.1. The summed E-state index contributed by atoms with van der Waals surface area (Å²) in [5, 5.41) is 1.11. The third kappa shape index (κ3) is 2.56. The van der Waals surface area contributed by atoms with Crippen molar-refractivity contribution in [2.24, 2.45) is 5.41 Å². The second-order valence-electron chi connectivity index (χ2n) is 6.20. The molecule has 0 aromatic carbocycles. The Balaban J connectivity index is 1.88. The number of nitrogens with zero attached hydrogens (tertiary/aromatic N) is 3. The summed E-state index contributed by atoms with van der Waals surface area (Å²) in [7, 11) is 1.48. The van der Waals surface area contributed by atoms with Crippen LogP contribution in [0, 0.1) is 5.41 Å². The molecule has 0 unspecified atom stereocenters. The lowest BCUT2D eigenvalue weighted by Crippen LogP contribution is -2.45. The van der Waals surface area contributed by atoms with Gasteiger partial charge < -0.3 is 14.6 Å². The number of nitrogens with one attached hydrogen (secondary N) is 1. The van der Waals surface area contributed by atoms with Gasteiger partial charge in [0.25, 0.3) is 0 Å². The van der Waals surface area contributed by atoms with E-state index in [4.69, 9.17) is 4.74 Å². The number of ether oxygens (including phenoxy) is 1. The molecule has 1 N–H and O–H groups in total. The van der Waals surface area contributed by atoms with E-state index in [-0.39, 0.29) is 11.4 Å². The van der Waals surface area contributed by atoms with Gasteiger partial charge in [-0.2, -0.15) is 0 Å². The number of methoxy groups -OCH3 is 1. The van der Waals surface area contributed by atoms with E-state index in [9.17, 15) is 4.79 Å². The number of fused-ring (bicyclic) bond motifs is 1. The predicted octanol–water partition coefficient (Wildman–Crippen LogP) is 2.69. The molecule has 1 saturated heterocycles. The number of hydrogen-bond donors (Lipinski definition) is 1. The summed E-state index contributed by atoms with van der Waals surface area (Å²) >= 11 is 0. The van der Waals surface area contributed by atoms with Crippen molar-refractivity contribution < 1.29 is 9.53 Å². The Bertz CT molecular complexity index is 702. The van der Waals surface area contributed by atoms with E-state index in [1.54, 1.807) is 6.33 Å². The molecule has 1 aliphatic heterocycles. The fourth-order valence-corrected chi connectivity index (χ4v) is 3.59. The van der Waals surface area contributed by atoms with E-state index in [1.807, 2.05) is 6.20 Å². The highest BCUT2D eigenvalue weighted by Crippen LogP contribution is 2.38. The highest BCUT2D eigenvalue weighted by molar-refractivity contribution is 5.91. The van der Waals surface area contributed by atoms with E-state index < -0.39 is 0 Å². The number of carbonyl (C=O) groups excluding carboxylic acids is 1. The third-order valence-electron chi connectivity index (χ3n) is 5.23. The molecule has 6 heteroatoms. The Kier molecular flexibility index (Phi) is 4.24. The molecule has 23 heavy (non-hydrogen) atoms. The number of piperidine rings is 1. The third-order valence-corrected chi connectivity index (χ3v) is 5.23. The zero-order chi connectivity index (χ0) is 16.4. The van der Waals surface area contributed by atoms with E-state index in [2.05, 4.69) is 33.7 Å². The van der Waals surface area contributed by atoms with Crippen LogP contribution in [0.1, 0.15) is 38.7 Å². The number of hydrogen-bond acceptors (Lipinski definition) is 5. The number of carbonyl (C=O) groups is 1. The lowest BCUT2D eigenvalue weighted by Gasteiger charge is -2.39. The Morgan fingerprint density at radius 1 is 1.35 bits per heavy atom. The van der Waals surface area contributed by atoms with E-state index >= 15 is 0 Å². The van der Waals surface area contributed by atoms with Crippen molar-refractivity contribution >= 4 is 22.8 Å². The maximum Gasteiger partial charge on any atom is 0.311 e. The van der Waals surface area contributed by atoms with Crippen LogP contribution < -0.4 is 4.90 Å². The quantitative estimate of drug-likeness (QED) is 0.878. The fourth-order valence-electron chi connectivity index (χ4n) is 3.59. The maximum absolute atomic E-state index is 12.2. The number of anilines is 1. The number of esters is 1. The first kappa shape index (κ1) is 15.8. The Hall–Kier alpha value is -2.11. The summed E-state index contributed by atoms with van der Waals surface area (Å²) in [6, 6.07) is 0. The van der Waals surface area contributed by atoms with Crippen LogP contribution in [0.25, 0.3) is 11.0 Å². The first-order valence-electron chi connectivity index (χ1n) is 8.29. The lowest BCUT2D eigenvalue weighted by molar-refractivity contribution is -0.154. The number of aromatic amines is 1. The maximum atomic E-state index is 12.2. The van der Waals surface area contributed by atoms with E-state index in [0.717, 1.165) is 55.6 Å². The molecule has 0 aliphatic carbocycles. The van der Waals surface area contributed by atoms with Gasteiger partial charge in [-0.1, -0.05) is 13.8 Å². The first-order chi connectivity index (χ1) is 11.1. The molecule has 2 aromatic heterocycles. The van der Waals surface area contributed by atoms with E-state index in [0.29, 0.717) is 0 Å². The average Bonchev–Trinajstić information content (AvgIpc) is 3.04. The van der Waals surface area contributed by atoms with Gasteiger partial charge >= 0.3 is 5.97 Å². The average molecular weight is 316 g/mol. The summed E-state index contributed by atoms with van der Waals surface area (Å²) in [4.78, 5) is 26.5. The van der Waals surface area contributed by atoms with Gasteiger partial charge in [-0.3, -0.25) is 4.79 Å². The van der Waals surface area contributed by atoms with Crippen LogP contribution in [0.15, 0.2) is 12.5 Å². The summed E-state index contributed by atoms with van der Waals surface area (Å²) in [6.07, 6.45) is 6.97. The monoisotopic (exact) mass is 316 g/mol. The van der Waals surface area contributed by atoms with Crippen molar-refractivity contribution in [2.45, 2.75) is 39.5 Å². The van der Waals surface area contributed by atoms with Crippen molar-refractivity contribution in [3.63, 3.8) is 0 Å². The standard InChI is InChI=1S/C17H24N4O2/c1-4-12-10-18-14-13(12)15(20-11-19-14)21-8-6-17(5-2,7-9-21)16(22)23-3/h10-11H,4-9H2,1-3H3,(H,18,19,20).